The van der Waals surface area contributed by atoms with Crippen LogP contribution in [-0.2, 0) is 20.4 Å². The van der Waals surface area contributed by atoms with E-state index >= 15 is 0 Å². The van der Waals surface area contributed by atoms with Gasteiger partial charge in [-0.1, -0.05) is 12.1 Å². The highest BCUT2D eigenvalue weighted by Crippen LogP contribution is 2.56. The highest BCUT2D eigenvalue weighted by molar-refractivity contribution is 5.77. The van der Waals surface area contributed by atoms with Crippen LogP contribution in [-0.4, -0.2) is 35.3 Å². The summed E-state index contributed by atoms with van der Waals surface area (Å²) in [7, 11) is 2.81. The van der Waals surface area contributed by atoms with Gasteiger partial charge in [0.25, 0.3) is 0 Å². The number of aromatic nitrogens is 2. The second kappa shape index (κ2) is 9.24. The van der Waals surface area contributed by atoms with Gasteiger partial charge in [0.2, 0.25) is 5.82 Å². The van der Waals surface area contributed by atoms with Crippen LogP contribution in [0, 0.1) is 11.7 Å². The number of hydrogen-bond donors (Lipinski definition) is 0. The van der Waals surface area contributed by atoms with Crippen LogP contribution in [0.3, 0.4) is 0 Å². The minimum absolute atomic E-state index is 0.261. The van der Waals surface area contributed by atoms with Crippen LogP contribution in [0.25, 0.3) is 11.3 Å². The Morgan fingerprint density at radius 3 is 2.59 bits per heavy atom. The van der Waals surface area contributed by atoms with Gasteiger partial charge in [-0.15, -0.1) is 0 Å². The molecule has 1 spiro atoms. The molecule has 2 aromatic carbocycles. The van der Waals surface area contributed by atoms with Gasteiger partial charge < -0.3 is 14.2 Å². The Hall–Kier alpha value is -3.82. The van der Waals surface area contributed by atoms with Gasteiger partial charge in [0, 0.05) is 41.6 Å². The van der Waals surface area contributed by atoms with E-state index in [2.05, 4.69) is 4.98 Å². The van der Waals surface area contributed by atoms with E-state index in [1.165, 1.54) is 38.6 Å². The zero-order chi connectivity index (χ0) is 26.4. The molecule has 1 aromatic heterocycles. The van der Waals surface area contributed by atoms with Gasteiger partial charge in [-0.05, 0) is 48.7 Å². The van der Waals surface area contributed by atoms with Crippen molar-refractivity contribution < 1.29 is 36.6 Å². The first-order valence-electron chi connectivity index (χ1n) is 11.7. The second-order valence-corrected chi connectivity index (χ2v) is 9.20. The lowest BCUT2D eigenvalue weighted by Gasteiger charge is -2.33. The zero-order valence-electron chi connectivity index (χ0n) is 20.1. The van der Waals surface area contributed by atoms with Crippen molar-refractivity contribution in [2.45, 2.75) is 37.0 Å². The van der Waals surface area contributed by atoms with Crippen LogP contribution in [0.5, 0.6) is 5.75 Å². The summed E-state index contributed by atoms with van der Waals surface area (Å²) in [5.74, 6) is -2.24. The van der Waals surface area contributed by atoms with Gasteiger partial charge in [-0.2, -0.15) is 13.2 Å². The summed E-state index contributed by atoms with van der Waals surface area (Å²) in [4.78, 5) is 16.1. The molecule has 1 aliphatic carbocycles. The predicted octanol–water partition coefficient (Wildman–Crippen LogP) is 5.91. The summed E-state index contributed by atoms with van der Waals surface area (Å²) >= 11 is 0. The van der Waals surface area contributed by atoms with Crippen LogP contribution in [0.15, 0.2) is 61.1 Å². The van der Waals surface area contributed by atoms with Gasteiger partial charge in [0.1, 0.15) is 17.2 Å². The molecule has 2 heterocycles. The number of nitrogens with zero attached hydrogens (tertiary/aromatic N) is 2. The summed E-state index contributed by atoms with van der Waals surface area (Å²) in [5, 5.41) is 0. The number of ether oxygens (including phenoxy) is 3. The number of methoxy groups -OCH3 is 2. The van der Waals surface area contributed by atoms with E-state index in [0.717, 1.165) is 16.3 Å². The van der Waals surface area contributed by atoms with Crippen molar-refractivity contribution >= 4 is 11.5 Å². The Balaban J connectivity index is 1.52. The number of benzene rings is 2. The number of halogens is 4. The average Bonchev–Trinajstić information content (AvgIpc) is 3.63. The monoisotopic (exact) mass is 516 g/mol. The standard InChI is InChI=1S/C27H24F4N2O4/c1-35-22-8-7-19(33-12-11-32-25(33)27(29,30)31)13-21(22)17-14-26(37-15-17)10-9-20(24(34)36-2)23(26)16-3-5-18(28)6-4-16/h3-8,11-13,15,20,23H,9-10,14H2,1-2H3/t20-,23+,26+/m0/s1. The van der Waals surface area contributed by atoms with Gasteiger partial charge in [0.15, 0.2) is 0 Å². The van der Waals surface area contributed by atoms with Crippen molar-refractivity contribution in [1.29, 1.82) is 0 Å². The fourth-order valence-corrected chi connectivity index (χ4v) is 5.60. The number of imidazole rings is 1. The minimum Gasteiger partial charge on any atom is -0.496 e. The zero-order valence-corrected chi connectivity index (χ0v) is 20.1. The smallest absolute Gasteiger partial charge is 0.450 e. The van der Waals surface area contributed by atoms with Crippen LogP contribution >= 0.6 is 0 Å². The van der Waals surface area contributed by atoms with Crippen LogP contribution in [0.1, 0.15) is 42.1 Å². The number of hydrogen-bond acceptors (Lipinski definition) is 5. The van der Waals surface area contributed by atoms with Crippen molar-refractivity contribution in [2.24, 2.45) is 5.92 Å². The molecule has 10 heteroatoms. The number of esters is 1. The number of alkyl halides is 3. The van der Waals surface area contributed by atoms with Crippen LogP contribution in [0.4, 0.5) is 17.6 Å². The molecule has 0 radical (unpaired) electrons. The molecule has 3 aromatic rings. The van der Waals surface area contributed by atoms with Gasteiger partial charge >= 0.3 is 12.1 Å². The van der Waals surface area contributed by atoms with Gasteiger partial charge in [-0.25, -0.2) is 9.37 Å². The maximum atomic E-state index is 13.7. The molecule has 2 aliphatic rings. The third-order valence-electron chi connectivity index (χ3n) is 7.21. The van der Waals surface area contributed by atoms with E-state index in [-0.39, 0.29) is 11.7 Å². The molecular formula is C27H24F4N2O4. The Labute approximate surface area is 210 Å². The summed E-state index contributed by atoms with van der Waals surface area (Å²) in [5.41, 5.74) is 1.48. The van der Waals surface area contributed by atoms with Crippen molar-refractivity contribution in [3.05, 3.63) is 83.9 Å². The van der Waals surface area contributed by atoms with E-state index in [0.29, 0.717) is 36.1 Å². The van der Waals surface area contributed by atoms with E-state index < -0.39 is 35.3 Å². The first-order valence-corrected chi connectivity index (χ1v) is 11.7. The summed E-state index contributed by atoms with van der Waals surface area (Å²) in [6.07, 6.45) is 0.719. The van der Waals surface area contributed by atoms with Crippen LogP contribution in [0.2, 0.25) is 0 Å². The number of carbonyl (C=O) groups is 1. The first-order chi connectivity index (χ1) is 17.7. The maximum absolute atomic E-state index is 13.7. The fraction of sp³-hybridized carbons (Fsp3) is 0.333. The molecule has 6 nitrogen and oxygen atoms in total. The average molecular weight is 516 g/mol. The lowest BCUT2D eigenvalue weighted by Crippen LogP contribution is -2.35. The Bertz CT molecular complexity index is 1350. The predicted molar refractivity (Wildman–Crippen MR) is 125 cm³/mol. The Morgan fingerprint density at radius 2 is 1.92 bits per heavy atom. The fourth-order valence-electron chi connectivity index (χ4n) is 5.60. The molecule has 0 saturated heterocycles. The van der Waals surface area contributed by atoms with E-state index in [1.54, 1.807) is 30.5 Å². The van der Waals surface area contributed by atoms with Crippen LogP contribution < -0.4 is 4.74 Å². The highest BCUT2D eigenvalue weighted by atomic mass is 19.4. The molecule has 0 amide bonds. The lowest BCUT2D eigenvalue weighted by atomic mass is 9.77. The normalized spacial score (nSPS) is 23.1. The largest absolute Gasteiger partial charge is 0.496 e. The minimum atomic E-state index is -4.63. The molecule has 1 aliphatic heterocycles. The second-order valence-electron chi connectivity index (χ2n) is 9.20. The quantitative estimate of drug-likeness (QED) is 0.312. The molecule has 0 bridgehead atoms. The summed E-state index contributed by atoms with van der Waals surface area (Å²) in [6.45, 7) is 0. The van der Waals surface area contributed by atoms with Crippen molar-refractivity contribution in [1.82, 2.24) is 9.55 Å². The van der Waals surface area contributed by atoms with E-state index in [1.807, 2.05) is 0 Å². The van der Waals surface area contributed by atoms with E-state index in [4.69, 9.17) is 14.2 Å². The topological polar surface area (TPSA) is 62.6 Å². The maximum Gasteiger partial charge on any atom is 0.450 e. The first kappa shape index (κ1) is 24.9. The van der Waals surface area contributed by atoms with E-state index in [9.17, 15) is 22.4 Å². The van der Waals surface area contributed by atoms with Gasteiger partial charge in [-0.3, -0.25) is 9.36 Å². The van der Waals surface area contributed by atoms with Crippen molar-refractivity contribution in [2.75, 3.05) is 14.2 Å². The number of rotatable bonds is 5. The SMILES string of the molecule is COC(=O)[C@H]1CC[C@@]2(CC(c3cc(-n4ccnc4C(F)(F)F)ccc3OC)=CO2)[C@@H]1c1ccc(F)cc1. The molecule has 0 N–H and O–H groups in total. The molecule has 1 fully saturated rings. The van der Waals surface area contributed by atoms with Gasteiger partial charge in [0.05, 0.1) is 26.4 Å². The van der Waals surface area contributed by atoms with Crippen molar-refractivity contribution in [3.63, 3.8) is 0 Å². The molecule has 5 rings (SSSR count). The summed E-state index contributed by atoms with van der Waals surface area (Å²) < 4.78 is 71.9. The highest BCUT2D eigenvalue weighted by Gasteiger charge is 2.56. The third-order valence-corrected chi connectivity index (χ3v) is 7.21. The summed E-state index contributed by atoms with van der Waals surface area (Å²) in [6, 6.07) is 10.7. The lowest BCUT2D eigenvalue weighted by molar-refractivity contribution is -0.147. The molecule has 0 unspecified atom stereocenters. The van der Waals surface area contributed by atoms with Crippen molar-refractivity contribution in [3.8, 4) is 11.4 Å². The molecular weight excluding hydrogens is 492 g/mol. The third kappa shape index (κ3) is 4.34. The molecule has 3 atom stereocenters. The molecule has 194 valence electrons. The number of carbonyl (C=O) groups excluding carboxylic acids is 1. The molecule has 37 heavy (non-hydrogen) atoms. The molecule has 1 saturated carbocycles. The Morgan fingerprint density at radius 1 is 1.16 bits per heavy atom. The Kier molecular flexibility index (Phi) is 6.21.